The Morgan fingerprint density at radius 1 is 1.06 bits per heavy atom. The first-order valence-corrected chi connectivity index (χ1v) is 12.6. The second-order valence-corrected chi connectivity index (χ2v) is 9.50. The molecule has 0 radical (unpaired) electrons. The third-order valence-corrected chi connectivity index (χ3v) is 7.14. The van der Waals surface area contributed by atoms with Crippen LogP contribution in [-0.4, -0.2) is 60.8 Å². The van der Waals surface area contributed by atoms with E-state index in [0.29, 0.717) is 25.1 Å². The Balaban J connectivity index is 1.34. The number of rotatable bonds is 6. The Bertz CT molecular complexity index is 1380. The van der Waals surface area contributed by atoms with Gasteiger partial charge in [0, 0.05) is 43.6 Å². The van der Waals surface area contributed by atoms with Crippen LogP contribution in [0.15, 0.2) is 61.2 Å². The Morgan fingerprint density at radius 2 is 1.94 bits per heavy atom. The quantitative estimate of drug-likeness (QED) is 0.444. The molecule has 0 unspecified atom stereocenters. The molecule has 0 amide bonds. The first kappa shape index (κ1) is 23.0. The number of fused-ring (bicyclic) bond motifs is 1. The maximum Gasteiger partial charge on any atom is 0.164 e. The highest BCUT2D eigenvalue weighted by Crippen LogP contribution is 2.32. The lowest BCUT2D eigenvalue weighted by molar-refractivity contribution is 0.161. The van der Waals surface area contributed by atoms with Crippen LogP contribution in [0.3, 0.4) is 0 Å². The second-order valence-electron chi connectivity index (χ2n) is 9.50. The van der Waals surface area contributed by atoms with Crippen LogP contribution in [-0.2, 0) is 17.9 Å². The van der Waals surface area contributed by atoms with E-state index in [0.717, 1.165) is 72.5 Å². The van der Waals surface area contributed by atoms with E-state index in [1.54, 1.807) is 0 Å². The lowest BCUT2D eigenvalue weighted by Gasteiger charge is -2.32. The van der Waals surface area contributed by atoms with E-state index in [4.69, 9.17) is 19.7 Å². The number of aliphatic hydroxyl groups is 1. The van der Waals surface area contributed by atoms with Crippen molar-refractivity contribution >= 4 is 16.7 Å². The number of hydrogen-bond acceptors (Lipinski definition) is 7. The van der Waals surface area contributed by atoms with Gasteiger partial charge in [-0.1, -0.05) is 30.3 Å². The van der Waals surface area contributed by atoms with Gasteiger partial charge in [-0.05, 0) is 48.1 Å². The lowest BCUT2D eigenvalue weighted by atomic mass is 10.0. The van der Waals surface area contributed by atoms with Gasteiger partial charge in [0.2, 0.25) is 0 Å². The molecule has 1 fully saturated rings. The van der Waals surface area contributed by atoms with Gasteiger partial charge in [0.25, 0.3) is 0 Å². The maximum absolute atomic E-state index is 9.65. The van der Waals surface area contributed by atoms with Gasteiger partial charge in [-0.2, -0.15) is 0 Å². The van der Waals surface area contributed by atoms with Gasteiger partial charge >= 0.3 is 0 Å². The molecule has 1 aromatic carbocycles. The summed E-state index contributed by atoms with van der Waals surface area (Å²) in [5.41, 5.74) is 6.77. The fourth-order valence-corrected chi connectivity index (χ4v) is 5.19. The molecule has 4 aromatic rings. The predicted octanol–water partition coefficient (Wildman–Crippen LogP) is 4.02. The van der Waals surface area contributed by atoms with E-state index in [2.05, 4.69) is 26.6 Å². The van der Waals surface area contributed by atoms with Crippen LogP contribution >= 0.6 is 0 Å². The summed E-state index contributed by atoms with van der Waals surface area (Å²) >= 11 is 0. The van der Waals surface area contributed by atoms with Crippen LogP contribution in [0, 0.1) is 0 Å². The number of likely N-dealkylation sites (tertiary alicyclic amines) is 1. The molecule has 2 aliphatic heterocycles. The summed E-state index contributed by atoms with van der Waals surface area (Å²) < 4.78 is 7.80. The number of pyridine rings is 1. The Kier molecular flexibility index (Phi) is 6.55. The zero-order valence-corrected chi connectivity index (χ0v) is 20.3. The number of aromatic nitrogens is 5. The molecule has 8 nitrogen and oxygen atoms in total. The summed E-state index contributed by atoms with van der Waals surface area (Å²) in [6.07, 6.45) is 10.7. The van der Waals surface area contributed by atoms with Gasteiger partial charge in [-0.15, -0.1) is 0 Å². The molecule has 6 rings (SSSR count). The molecule has 1 saturated heterocycles. The predicted molar refractivity (Wildman–Crippen MR) is 138 cm³/mol. The summed E-state index contributed by atoms with van der Waals surface area (Å²) in [6, 6.07) is 12.3. The largest absolute Gasteiger partial charge is 0.392 e. The van der Waals surface area contributed by atoms with Gasteiger partial charge in [0.05, 0.1) is 31.8 Å². The Hall–Kier alpha value is -3.46. The molecule has 0 spiro atoms. The minimum atomic E-state index is -0.0129. The molecular formula is C28H30N6O2. The fraction of sp³-hybridized carbons (Fsp3) is 0.357. The van der Waals surface area contributed by atoms with Gasteiger partial charge in [0.15, 0.2) is 11.5 Å². The third-order valence-electron chi connectivity index (χ3n) is 7.14. The number of nitrogens with zero attached hydrogens (tertiary/aromatic N) is 6. The monoisotopic (exact) mass is 482 g/mol. The molecule has 0 atom stereocenters. The van der Waals surface area contributed by atoms with Crippen LogP contribution in [0.5, 0.6) is 0 Å². The molecule has 0 bridgehead atoms. The molecule has 3 aromatic heterocycles. The summed E-state index contributed by atoms with van der Waals surface area (Å²) in [4.78, 5) is 21.6. The van der Waals surface area contributed by atoms with Crippen LogP contribution in [0.2, 0.25) is 0 Å². The van der Waals surface area contributed by atoms with Crippen molar-refractivity contribution < 1.29 is 9.84 Å². The molecule has 0 aliphatic carbocycles. The van der Waals surface area contributed by atoms with Crippen LogP contribution in [0.4, 0.5) is 0 Å². The van der Waals surface area contributed by atoms with E-state index in [1.165, 1.54) is 5.56 Å². The molecule has 1 N–H and O–H groups in total. The molecule has 2 aliphatic rings. The first-order chi connectivity index (χ1) is 17.8. The van der Waals surface area contributed by atoms with Crippen LogP contribution < -0.4 is 0 Å². The molecule has 5 heterocycles. The zero-order valence-electron chi connectivity index (χ0n) is 20.3. The van der Waals surface area contributed by atoms with Crippen molar-refractivity contribution in [1.82, 2.24) is 29.4 Å². The highest BCUT2D eigenvalue weighted by Gasteiger charge is 2.25. The maximum atomic E-state index is 9.65. The van der Waals surface area contributed by atoms with Crippen molar-refractivity contribution in [3.8, 4) is 11.4 Å². The van der Waals surface area contributed by atoms with Gasteiger partial charge in [-0.25, -0.2) is 15.0 Å². The number of piperidine rings is 1. The normalized spacial score (nSPS) is 17.4. The van der Waals surface area contributed by atoms with Crippen molar-refractivity contribution in [3.05, 3.63) is 78.0 Å². The standard InChI is InChI=1S/C28H30N6O2/c35-18-20-3-1-5-23(15-20)27-31-25(22-8-13-36-14-9-22)26-28(32-27)34(19-30-26)24-6-11-33(12-7-24)17-21-4-2-10-29-16-21/h1-5,8,10,15-16,19,24,35H,6-7,9,11-14,17-18H2. The average Bonchev–Trinajstić information content (AvgIpc) is 3.38. The SMILES string of the molecule is OCc1cccc(-c2nc(C3=CCOCC3)c3ncn(C4CCN(Cc5cccnc5)CC4)c3n2)c1. The van der Waals surface area contributed by atoms with E-state index < -0.39 is 0 Å². The number of hydrogen-bond donors (Lipinski definition) is 1. The van der Waals surface area contributed by atoms with Gasteiger partial charge in [0.1, 0.15) is 5.52 Å². The molecule has 184 valence electrons. The Morgan fingerprint density at radius 3 is 2.72 bits per heavy atom. The van der Waals surface area contributed by atoms with Crippen molar-refractivity contribution in [3.63, 3.8) is 0 Å². The zero-order chi connectivity index (χ0) is 24.3. The average molecular weight is 483 g/mol. The molecule has 8 heteroatoms. The summed E-state index contributed by atoms with van der Waals surface area (Å²) in [5, 5.41) is 9.65. The minimum absolute atomic E-state index is 0.0129. The summed E-state index contributed by atoms with van der Waals surface area (Å²) in [7, 11) is 0. The van der Waals surface area contributed by atoms with E-state index >= 15 is 0 Å². The molecule has 0 saturated carbocycles. The van der Waals surface area contributed by atoms with Crippen molar-refractivity contribution in [2.45, 2.75) is 38.5 Å². The number of imidazole rings is 1. The van der Waals surface area contributed by atoms with Crippen molar-refractivity contribution in [1.29, 1.82) is 0 Å². The van der Waals surface area contributed by atoms with Crippen LogP contribution in [0.1, 0.15) is 42.1 Å². The summed E-state index contributed by atoms with van der Waals surface area (Å²) in [6.45, 7) is 4.23. The smallest absolute Gasteiger partial charge is 0.164 e. The molecular weight excluding hydrogens is 452 g/mol. The Labute approximate surface area is 210 Å². The van der Waals surface area contributed by atoms with Crippen molar-refractivity contribution in [2.24, 2.45) is 0 Å². The minimum Gasteiger partial charge on any atom is -0.392 e. The van der Waals surface area contributed by atoms with E-state index in [-0.39, 0.29) is 6.61 Å². The highest BCUT2D eigenvalue weighted by atomic mass is 16.5. The number of aliphatic hydroxyl groups excluding tert-OH is 1. The lowest BCUT2D eigenvalue weighted by Crippen LogP contribution is -2.34. The highest BCUT2D eigenvalue weighted by molar-refractivity contribution is 5.87. The van der Waals surface area contributed by atoms with E-state index in [9.17, 15) is 5.11 Å². The number of ether oxygens (including phenoxy) is 1. The second kappa shape index (κ2) is 10.3. The van der Waals surface area contributed by atoms with Crippen LogP contribution in [0.25, 0.3) is 28.1 Å². The number of benzene rings is 1. The van der Waals surface area contributed by atoms with Gasteiger partial charge in [-0.3, -0.25) is 9.88 Å². The topological polar surface area (TPSA) is 89.2 Å². The van der Waals surface area contributed by atoms with E-state index in [1.807, 2.05) is 49.1 Å². The first-order valence-electron chi connectivity index (χ1n) is 12.6. The fourth-order valence-electron chi connectivity index (χ4n) is 5.19. The van der Waals surface area contributed by atoms with Crippen molar-refractivity contribution in [2.75, 3.05) is 26.3 Å². The summed E-state index contributed by atoms with van der Waals surface area (Å²) in [5.74, 6) is 0.663. The van der Waals surface area contributed by atoms with Gasteiger partial charge < -0.3 is 14.4 Å². The third kappa shape index (κ3) is 4.67. The molecule has 36 heavy (non-hydrogen) atoms.